The van der Waals surface area contributed by atoms with Gasteiger partial charge >= 0.3 is 12.4 Å². The number of carbonyl (C=O) groups is 1. The van der Waals surface area contributed by atoms with Gasteiger partial charge in [0.25, 0.3) is 0 Å². The molecule has 1 aromatic carbocycles. The molecule has 0 atom stereocenters. The summed E-state index contributed by atoms with van der Waals surface area (Å²) in [4.78, 5) is 16.0. The zero-order valence-electron chi connectivity index (χ0n) is 18.5. The van der Waals surface area contributed by atoms with Crippen molar-refractivity contribution in [2.45, 2.75) is 63.3 Å². The Balaban J connectivity index is 1.33. The molecule has 2 aliphatic rings. The maximum Gasteiger partial charge on any atom is 0.416 e. The Hall–Kier alpha value is -1.97. The van der Waals surface area contributed by atoms with Crippen molar-refractivity contribution in [2.24, 2.45) is 5.92 Å². The van der Waals surface area contributed by atoms with Crippen LogP contribution in [0.25, 0.3) is 0 Å². The second-order valence-corrected chi connectivity index (χ2v) is 9.07. The standard InChI is InChI=1S/C23H31F6N3O/c24-22(25,26)10-8-21(33)30-19-6-4-17(5-7-19)9-11-31-12-14-32(15-13-31)20-3-1-2-18(16-20)23(27,28)29/h1-3,16-17,19H,4-15H2,(H,30,33). The highest BCUT2D eigenvalue weighted by atomic mass is 19.4. The van der Waals surface area contributed by atoms with E-state index < -0.39 is 36.7 Å². The van der Waals surface area contributed by atoms with E-state index in [9.17, 15) is 31.1 Å². The van der Waals surface area contributed by atoms with E-state index in [0.717, 1.165) is 57.8 Å². The highest BCUT2D eigenvalue weighted by molar-refractivity contribution is 5.76. The summed E-state index contributed by atoms with van der Waals surface area (Å²) < 4.78 is 75.5. The largest absolute Gasteiger partial charge is 0.416 e. The van der Waals surface area contributed by atoms with Gasteiger partial charge in [-0.05, 0) is 62.8 Å². The van der Waals surface area contributed by atoms with E-state index in [0.29, 0.717) is 24.7 Å². The first kappa shape index (κ1) is 25.6. The van der Waals surface area contributed by atoms with Crippen LogP contribution in [-0.2, 0) is 11.0 Å². The van der Waals surface area contributed by atoms with E-state index in [1.807, 2.05) is 4.90 Å². The molecule has 2 fully saturated rings. The molecule has 4 nitrogen and oxygen atoms in total. The maximum absolute atomic E-state index is 12.9. The Labute approximate surface area is 190 Å². The topological polar surface area (TPSA) is 35.6 Å². The molecular weight excluding hydrogens is 448 g/mol. The van der Waals surface area contributed by atoms with Crippen molar-refractivity contribution in [3.05, 3.63) is 29.8 Å². The van der Waals surface area contributed by atoms with Crippen molar-refractivity contribution >= 4 is 11.6 Å². The van der Waals surface area contributed by atoms with Crippen LogP contribution in [0.3, 0.4) is 0 Å². The van der Waals surface area contributed by atoms with Crippen LogP contribution in [-0.4, -0.2) is 55.7 Å². The highest BCUT2D eigenvalue weighted by Gasteiger charge is 2.31. The summed E-state index contributed by atoms with van der Waals surface area (Å²) >= 11 is 0. The number of piperazine rings is 1. The monoisotopic (exact) mass is 479 g/mol. The first-order valence-corrected chi connectivity index (χ1v) is 11.5. The number of benzene rings is 1. The lowest BCUT2D eigenvalue weighted by Crippen LogP contribution is -2.47. The molecule has 0 spiro atoms. The van der Waals surface area contributed by atoms with Crippen molar-refractivity contribution in [3.63, 3.8) is 0 Å². The fourth-order valence-corrected chi connectivity index (χ4v) is 4.62. The second-order valence-electron chi connectivity index (χ2n) is 9.07. The van der Waals surface area contributed by atoms with Crippen LogP contribution < -0.4 is 10.2 Å². The van der Waals surface area contributed by atoms with Gasteiger partial charge in [-0.1, -0.05) is 6.07 Å². The Bertz CT molecular complexity index is 766. The van der Waals surface area contributed by atoms with Gasteiger partial charge in [-0.3, -0.25) is 9.69 Å². The minimum absolute atomic E-state index is 0.0435. The number of amides is 1. The number of anilines is 1. The molecule has 33 heavy (non-hydrogen) atoms. The van der Waals surface area contributed by atoms with E-state index in [2.05, 4.69) is 10.2 Å². The van der Waals surface area contributed by atoms with Gasteiger partial charge in [-0.25, -0.2) is 0 Å². The lowest BCUT2D eigenvalue weighted by Gasteiger charge is -2.37. The van der Waals surface area contributed by atoms with Gasteiger partial charge in [0.1, 0.15) is 0 Å². The minimum atomic E-state index is -4.34. The lowest BCUT2D eigenvalue weighted by atomic mass is 9.84. The van der Waals surface area contributed by atoms with E-state index in [1.54, 1.807) is 6.07 Å². The third-order valence-corrected chi connectivity index (χ3v) is 6.61. The number of nitrogens with zero attached hydrogens (tertiary/aromatic N) is 2. The van der Waals surface area contributed by atoms with E-state index >= 15 is 0 Å². The van der Waals surface area contributed by atoms with Gasteiger partial charge in [0.2, 0.25) is 5.91 Å². The molecule has 1 heterocycles. The van der Waals surface area contributed by atoms with Crippen molar-refractivity contribution in [3.8, 4) is 0 Å². The summed E-state index contributed by atoms with van der Waals surface area (Å²) in [5, 5.41) is 2.73. The zero-order valence-corrected chi connectivity index (χ0v) is 18.5. The van der Waals surface area contributed by atoms with Crippen LogP contribution in [0.2, 0.25) is 0 Å². The fourth-order valence-electron chi connectivity index (χ4n) is 4.62. The molecule has 1 aliphatic carbocycles. The van der Waals surface area contributed by atoms with Crippen LogP contribution in [0.4, 0.5) is 32.0 Å². The predicted molar refractivity (Wildman–Crippen MR) is 114 cm³/mol. The Morgan fingerprint density at radius 3 is 2.24 bits per heavy atom. The molecule has 0 aromatic heterocycles. The molecule has 1 aromatic rings. The summed E-state index contributed by atoms with van der Waals surface area (Å²) in [6.45, 7) is 3.86. The van der Waals surface area contributed by atoms with Crippen LogP contribution in [0, 0.1) is 5.92 Å². The minimum Gasteiger partial charge on any atom is -0.369 e. The molecule has 3 rings (SSSR count). The normalized spacial score (nSPS) is 22.9. The first-order valence-electron chi connectivity index (χ1n) is 11.5. The van der Waals surface area contributed by atoms with Gasteiger partial charge in [0.05, 0.1) is 12.0 Å². The SMILES string of the molecule is O=C(CCC(F)(F)F)NC1CCC(CCN2CCN(c3cccc(C(F)(F)F)c3)CC2)CC1. The van der Waals surface area contributed by atoms with Gasteiger partial charge < -0.3 is 10.2 Å². The molecule has 0 radical (unpaired) electrons. The molecule has 0 unspecified atom stereocenters. The molecular formula is C23H31F6N3O. The van der Waals surface area contributed by atoms with E-state index in [1.165, 1.54) is 12.1 Å². The molecule has 1 saturated heterocycles. The molecule has 186 valence electrons. The number of hydrogen-bond acceptors (Lipinski definition) is 3. The fraction of sp³-hybridized carbons (Fsp3) is 0.696. The third kappa shape index (κ3) is 8.39. The molecule has 1 aliphatic heterocycles. The lowest BCUT2D eigenvalue weighted by molar-refractivity contribution is -0.144. The molecule has 1 saturated carbocycles. The van der Waals surface area contributed by atoms with Crippen LogP contribution in [0.15, 0.2) is 24.3 Å². The van der Waals surface area contributed by atoms with E-state index in [4.69, 9.17) is 0 Å². The summed E-state index contributed by atoms with van der Waals surface area (Å²) in [5.74, 6) is -0.00996. The number of halogens is 6. The van der Waals surface area contributed by atoms with E-state index in [-0.39, 0.29) is 6.04 Å². The average Bonchev–Trinajstić information content (AvgIpc) is 2.77. The van der Waals surface area contributed by atoms with Crippen LogP contribution in [0.1, 0.15) is 50.5 Å². The van der Waals surface area contributed by atoms with Gasteiger partial charge in [-0.2, -0.15) is 26.3 Å². The summed E-state index contributed by atoms with van der Waals surface area (Å²) in [6.07, 6.45) is -5.81. The van der Waals surface area contributed by atoms with Crippen molar-refractivity contribution in [2.75, 3.05) is 37.6 Å². The molecule has 1 amide bonds. The number of nitrogens with one attached hydrogen (secondary N) is 1. The summed E-state index contributed by atoms with van der Waals surface area (Å²) in [5.41, 5.74) is -0.0327. The van der Waals surface area contributed by atoms with Gasteiger partial charge in [0.15, 0.2) is 0 Å². The maximum atomic E-state index is 12.9. The Kier molecular flexibility index (Phi) is 8.53. The quantitative estimate of drug-likeness (QED) is 0.544. The number of hydrogen-bond donors (Lipinski definition) is 1. The smallest absolute Gasteiger partial charge is 0.369 e. The molecule has 1 N–H and O–H groups in total. The Morgan fingerprint density at radius 1 is 0.970 bits per heavy atom. The van der Waals surface area contributed by atoms with Crippen molar-refractivity contribution < 1.29 is 31.1 Å². The number of carbonyl (C=O) groups excluding carboxylic acids is 1. The summed E-state index contributed by atoms with van der Waals surface area (Å²) in [7, 11) is 0. The van der Waals surface area contributed by atoms with Crippen molar-refractivity contribution in [1.29, 1.82) is 0 Å². The highest BCUT2D eigenvalue weighted by Crippen LogP contribution is 2.32. The van der Waals surface area contributed by atoms with Crippen LogP contribution in [0.5, 0.6) is 0 Å². The molecule has 0 bridgehead atoms. The Morgan fingerprint density at radius 2 is 1.64 bits per heavy atom. The third-order valence-electron chi connectivity index (χ3n) is 6.61. The van der Waals surface area contributed by atoms with Crippen molar-refractivity contribution in [1.82, 2.24) is 10.2 Å². The predicted octanol–water partition coefficient (Wildman–Crippen LogP) is 5.24. The average molecular weight is 480 g/mol. The van der Waals surface area contributed by atoms with Crippen LogP contribution >= 0.6 is 0 Å². The number of rotatable bonds is 7. The van der Waals surface area contributed by atoms with Gasteiger partial charge in [0, 0.05) is 44.3 Å². The van der Waals surface area contributed by atoms with Gasteiger partial charge in [-0.15, -0.1) is 0 Å². The first-order chi connectivity index (χ1) is 15.5. The zero-order chi connectivity index (χ0) is 24.1. The summed E-state index contributed by atoms with van der Waals surface area (Å²) in [6, 6.07) is 5.40. The number of alkyl halides is 6. The second kappa shape index (κ2) is 11.0. The molecule has 10 heteroatoms.